The Morgan fingerprint density at radius 1 is 1.41 bits per heavy atom. The summed E-state index contributed by atoms with van der Waals surface area (Å²) in [6.45, 7) is 4.50. The first-order chi connectivity index (χ1) is 7.60. The Kier molecular flexibility index (Phi) is 7.59. The highest BCUT2D eigenvalue weighted by molar-refractivity contribution is 9.10. The third kappa shape index (κ3) is 4.37. The molecule has 0 aromatic heterocycles. The van der Waals surface area contributed by atoms with E-state index in [9.17, 15) is 5.11 Å². The standard InChI is InChI=1S/C12H18BrNO2.ClH/c1-3-5-10(14)8-6-9(13)12(15)11(7-8)16-4-2;/h6-7,10,15H,3-5,14H2,1-2H3;1H/t10-;/m1./s1. The van der Waals surface area contributed by atoms with Crippen LogP contribution in [0, 0.1) is 0 Å². The van der Waals surface area contributed by atoms with Crippen LogP contribution in [-0.4, -0.2) is 11.7 Å². The molecule has 0 aliphatic rings. The second kappa shape index (κ2) is 7.80. The van der Waals surface area contributed by atoms with Crippen LogP contribution in [0.3, 0.4) is 0 Å². The van der Waals surface area contributed by atoms with Gasteiger partial charge in [0.15, 0.2) is 11.5 Å². The lowest BCUT2D eigenvalue weighted by Crippen LogP contribution is -2.10. The Morgan fingerprint density at radius 2 is 2.06 bits per heavy atom. The molecule has 0 bridgehead atoms. The Morgan fingerprint density at radius 3 is 2.59 bits per heavy atom. The van der Waals surface area contributed by atoms with E-state index in [2.05, 4.69) is 22.9 Å². The Labute approximate surface area is 117 Å². The molecule has 0 heterocycles. The van der Waals surface area contributed by atoms with Gasteiger partial charge in [-0.15, -0.1) is 12.4 Å². The summed E-state index contributed by atoms with van der Waals surface area (Å²) in [4.78, 5) is 0. The predicted octanol–water partition coefficient (Wildman–Crippen LogP) is 3.78. The Balaban J connectivity index is 0.00000256. The predicted molar refractivity (Wildman–Crippen MR) is 76.1 cm³/mol. The van der Waals surface area contributed by atoms with E-state index in [1.165, 1.54) is 0 Å². The molecule has 0 saturated carbocycles. The average molecular weight is 325 g/mol. The number of phenolic OH excluding ortho intramolecular Hbond substituents is 1. The summed E-state index contributed by atoms with van der Waals surface area (Å²) in [6.07, 6.45) is 1.95. The molecule has 5 heteroatoms. The number of halogens is 2. The Hall–Kier alpha value is -0.450. The van der Waals surface area contributed by atoms with Crippen molar-refractivity contribution < 1.29 is 9.84 Å². The summed E-state index contributed by atoms with van der Waals surface area (Å²) in [6, 6.07) is 3.64. The minimum atomic E-state index is -0.0129. The fourth-order valence-corrected chi connectivity index (χ4v) is 2.01. The lowest BCUT2D eigenvalue weighted by Gasteiger charge is -2.14. The van der Waals surface area contributed by atoms with E-state index in [1.807, 2.05) is 19.1 Å². The maximum absolute atomic E-state index is 9.75. The second-order valence-corrected chi connectivity index (χ2v) is 4.53. The molecular formula is C12H19BrClNO2. The smallest absolute Gasteiger partial charge is 0.172 e. The van der Waals surface area contributed by atoms with Gasteiger partial charge in [0.25, 0.3) is 0 Å². The summed E-state index contributed by atoms with van der Waals surface area (Å²) < 4.78 is 5.98. The van der Waals surface area contributed by atoms with Crippen LogP contribution in [0.4, 0.5) is 0 Å². The fourth-order valence-electron chi connectivity index (χ4n) is 1.55. The minimum absolute atomic E-state index is 0. The number of ether oxygens (including phenoxy) is 1. The molecule has 1 aromatic carbocycles. The van der Waals surface area contributed by atoms with Crippen molar-refractivity contribution in [3.8, 4) is 11.5 Å². The van der Waals surface area contributed by atoms with Crippen molar-refractivity contribution >= 4 is 28.3 Å². The van der Waals surface area contributed by atoms with Gasteiger partial charge in [-0.25, -0.2) is 0 Å². The van der Waals surface area contributed by atoms with E-state index in [0.29, 0.717) is 16.8 Å². The van der Waals surface area contributed by atoms with Gasteiger partial charge >= 0.3 is 0 Å². The number of aromatic hydroxyl groups is 1. The zero-order chi connectivity index (χ0) is 12.1. The molecule has 3 nitrogen and oxygen atoms in total. The Bertz CT molecular complexity index is 361. The summed E-state index contributed by atoms with van der Waals surface area (Å²) in [7, 11) is 0. The first-order valence-electron chi connectivity index (χ1n) is 5.50. The molecule has 0 saturated heterocycles. The summed E-state index contributed by atoms with van der Waals surface area (Å²) in [5.41, 5.74) is 7.01. The van der Waals surface area contributed by atoms with Crippen LogP contribution in [-0.2, 0) is 0 Å². The molecule has 0 amide bonds. The van der Waals surface area contributed by atoms with Gasteiger partial charge in [0, 0.05) is 6.04 Å². The molecule has 0 spiro atoms. The van der Waals surface area contributed by atoms with E-state index >= 15 is 0 Å². The summed E-state index contributed by atoms with van der Waals surface area (Å²) in [5, 5.41) is 9.75. The monoisotopic (exact) mass is 323 g/mol. The first kappa shape index (κ1) is 16.6. The summed E-state index contributed by atoms with van der Waals surface area (Å²) in [5.74, 6) is 0.618. The molecule has 0 fully saturated rings. The molecular weight excluding hydrogens is 305 g/mol. The molecule has 0 radical (unpaired) electrons. The van der Waals surface area contributed by atoms with E-state index in [0.717, 1.165) is 18.4 Å². The van der Waals surface area contributed by atoms with Crippen LogP contribution in [0.5, 0.6) is 11.5 Å². The zero-order valence-corrected chi connectivity index (χ0v) is 12.5. The first-order valence-corrected chi connectivity index (χ1v) is 6.30. The van der Waals surface area contributed by atoms with Crippen LogP contribution in [0.2, 0.25) is 0 Å². The van der Waals surface area contributed by atoms with Crippen LogP contribution in [0.25, 0.3) is 0 Å². The van der Waals surface area contributed by atoms with E-state index in [-0.39, 0.29) is 24.2 Å². The molecule has 0 aliphatic carbocycles. The molecule has 3 N–H and O–H groups in total. The van der Waals surface area contributed by atoms with Crippen molar-refractivity contribution in [3.63, 3.8) is 0 Å². The highest BCUT2D eigenvalue weighted by atomic mass is 79.9. The second-order valence-electron chi connectivity index (χ2n) is 3.68. The van der Waals surface area contributed by atoms with Gasteiger partial charge < -0.3 is 15.6 Å². The largest absolute Gasteiger partial charge is 0.503 e. The van der Waals surface area contributed by atoms with Gasteiger partial charge in [-0.3, -0.25) is 0 Å². The van der Waals surface area contributed by atoms with Crippen LogP contribution >= 0.6 is 28.3 Å². The van der Waals surface area contributed by atoms with E-state index in [4.69, 9.17) is 10.5 Å². The fraction of sp³-hybridized carbons (Fsp3) is 0.500. The van der Waals surface area contributed by atoms with Crippen molar-refractivity contribution in [2.75, 3.05) is 6.61 Å². The topological polar surface area (TPSA) is 55.5 Å². The van der Waals surface area contributed by atoms with Gasteiger partial charge in [0.1, 0.15) is 0 Å². The molecule has 1 atom stereocenters. The molecule has 17 heavy (non-hydrogen) atoms. The third-order valence-corrected chi connectivity index (χ3v) is 2.98. The maximum atomic E-state index is 9.75. The average Bonchev–Trinajstić information content (AvgIpc) is 2.25. The van der Waals surface area contributed by atoms with Gasteiger partial charge in [0.05, 0.1) is 11.1 Å². The highest BCUT2D eigenvalue weighted by Gasteiger charge is 2.13. The number of rotatable bonds is 5. The maximum Gasteiger partial charge on any atom is 0.172 e. The van der Waals surface area contributed by atoms with Crippen molar-refractivity contribution in [2.24, 2.45) is 5.73 Å². The number of benzene rings is 1. The van der Waals surface area contributed by atoms with Crippen molar-refractivity contribution in [3.05, 3.63) is 22.2 Å². The van der Waals surface area contributed by atoms with E-state index < -0.39 is 0 Å². The summed E-state index contributed by atoms with van der Waals surface area (Å²) >= 11 is 3.30. The van der Waals surface area contributed by atoms with Crippen LogP contribution < -0.4 is 10.5 Å². The molecule has 0 unspecified atom stereocenters. The highest BCUT2D eigenvalue weighted by Crippen LogP contribution is 2.37. The number of nitrogens with two attached hydrogens (primary N) is 1. The van der Waals surface area contributed by atoms with Crippen LogP contribution in [0.1, 0.15) is 38.3 Å². The van der Waals surface area contributed by atoms with Gasteiger partial charge in [-0.05, 0) is 47.0 Å². The van der Waals surface area contributed by atoms with Crippen molar-refractivity contribution in [2.45, 2.75) is 32.7 Å². The normalized spacial score (nSPS) is 11.8. The number of hydrogen-bond acceptors (Lipinski definition) is 3. The van der Waals surface area contributed by atoms with Gasteiger partial charge in [0.2, 0.25) is 0 Å². The van der Waals surface area contributed by atoms with Crippen LogP contribution in [0.15, 0.2) is 16.6 Å². The zero-order valence-electron chi connectivity index (χ0n) is 10.1. The lowest BCUT2D eigenvalue weighted by atomic mass is 10.0. The molecule has 0 aliphatic heterocycles. The lowest BCUT2D eigenvalue weighted by molar-refractivity contribution is 0.316. The molecule has 1 aromatic rings. The molecule has 1 rings (SSSR count). The SMILES string of the molecule is CCC[C@@H](N)c1cc(Br)c(O)c(OCC)c1.Cl. The third-order valence-electron chi connectivity index (χ3n) is 2.38. The quantitative estimate of drug-likeness (QED) is 0.866. The minimum Gasteiger partial charge on any atom is -0.503 e. The van der Waals surface area contributed by atoms with Gasteiger partial charge in [-0.1, -0.05) is 13.3 Å². The number of phenols is 1. The molecule has 98 valence electrons. The van der Waals surface area contributed by atoms with Crippen molar-refractivity contribution in [1.82, 2.24) is 0 Å². The van der Waals surface area contributed by atoms with Crippen molar-refractivity contribution in [1.29, 1.82) is 0 Å². The number of hydrogen-bond donors (Lipinski definition) is 2. The van der Waals surface area contributed by atoms with E-state index in [1.54, 1.807) is 0 Å². The van der Waals surface area contributed by atoms with Gasteiger partial charge in [-0.2, -0.15) is 0 Å².